The van der Waals surface area contributed by atoms with Crippen molar-refractivity contribution in [2.75, 3.05) is 33.9 Å². The molecule has 0 unspecified atom stereocenters. The minimum Gasteiger partial charge on any atom is -0.493 e. The first kappa shape index (κ1) is 22.0. The van der Waals surface area contributed by atoms with Gasteiger partial charge in [0.1, 0.15) is 0 Å². The predicted molar refractivity (Wildman–Crippen MR) is 119 cm³/mol. The van der Waals surface area contributed by atoms with Crippen LogP contribution in [0.3, 0.4) is 0 Å². The van der Waals surface area contributed by atoms with Gasteiger partial charge in [0.15, 0.2) is 11.5 Å². The summed E-state index contributed by atoms with van der Waals surface area (Å²) in [6, 6.07) is 16.3. The molecule has 2 N–H and O–H groups in total. The second-order valence-corrected chi connectivity index (χ2v) is 7.73. The lowest BCUT2D eigenvalue weighted by Gasteiger charge is -2.33. The fraction of sp³-hybridized carbons (Fsp3) is 0.458. The summed E-state index contributed by atoms with van der Waals surface area (Å²) in [6.07, 6.45) is 3.15. The Kier molecular flexibility index (Phi) is 7.97. The largest absolute Gasteiger partial charge is 0.493 e. The van der Waals surface area contributed by atoms with E-state index in [2.05, 4.69) is 46.7 Å². The number of nitrogens with one attached hydrogen (secondary N) is 2. The Hall–Kier alpha value is -2.73. The van der Waals surface area contributed by atoms with Gasteiger partial charge in [-0.1, -0.05) is 36.4 Å². The Morgan fingerprint density at radius 1 is 1.03 bits per heavy atom. The third-order valence-corrected chi connectivity index (χ3v) is 5.65. The quantitative estimate of drug-likeness (QED) is 0.659. The molecule has 2 amide bonds. The molecule has 30 heavy (non-hydrogen) atoms. The summed E-state index contributed by atoms with van der Waals surface area (Å²) < 4.78 is 10.6. The third-order valence-electron chi connectivity index (χ3n) is 5.65. The number of methoxy groups -OCH3 is 2. The van der Waals surface area contributed by atoms with E-state index in [1.165, 1.54) is 18.4 Å². The van der Waals surface area contributed by atoms with Crippen molar-refractivity contribution in [2.45, 2.75) is 38.3 Å². The Morgan fingerprint density at radius 2 is 1.73 bits per heavy atom. The lowest BCUT2D eigenvalue weighted by atomic mass is 9.99. The Balaban J connectivity index is 1.54. The molecule has 2 aromatic rings. The molecule has 162 valence electrons. The first-order valence-corrected chi connectivity index (χ1v) is 10.7. The zero-order valence-corrected chi connectivity index (χ0v) is 18.2. The molecule has 0 aliphatic carbocycles. The van der Waals surface area contributed by atoms with Crippen LogP contribution in [0.2, 0.25) is 0 Å². The average molecular weight is 412 g/mol. The fourth-order valence-corrected chi connectivity index (χ4v) is 4.18. The van der Waals surface area contributed by atoms with Crippen LogP contribution in [0.15, 0.2) is 48.5 Å². The van der Waals surface area contributed by atoms with Gasteiger partial charge in [0.2, 0.25) is 0 Å². The normalized spacial score (nSPS) is 16.0. The smallest absolute Gasteiger partial charge is 0.315 e. The number of hydrogen-bond donors (Lipinski definition) is 2. The molecule has 0 aromatic heterocycles. The van der Waals surface area contributed by atoms with Crippen molar-refractivity contribution in [3.8, 4) is 11.5 Å². The maximum Gasteiger partial charge on any atom is 0.315 e. The van der Waals surface area contributed by atoms with Gasteiger partial charge in [0.25, 0.3) is 0 Å². The number of likely N-dealkylation sites (tertiary alicyclic amines) is 1. The van der Waals surface area contributed by atoms with Crippen molar-refractivity contribution in [3.63, 3.8) is 0 Å². The maximum absolute atomic E-state index is 12.5. The third kappa shape index (κ3) is 5.66. The van der Waals surface area contributed by atoms with Crippen molar-refractivity contribution < 1.29 is 14.3 Å². The van der Waals surface area contributed by atoms with Gasteiger partial charge in [-0.2, -0.15) is 0 Å². The van der Waals surface area contributed by atoms with Crippen molar-refractivity contribution >= 4 is 6.03 Å². The molecule has 1 aliphatic rings. The zero-order valence-electron chi connectivity index (χ0n) is 18.2. The number of carbonyl (C=O) groups is 1. The minimum absolute atomic E-state index is 0.00609. The van der Waals surface area contributed by atoms with E-state index in [4.69, 9.17) is 9.47 Å². The molecule has 6 heteroatoms. The fourth-order valence-electron chi connectivity index (χ4n) is 4.18. The van der Waals surface area contributed by atoms with E-state index >= 15 is 0 Å². The number of nitrogens with zero attached hydrogens (tertiary/aromatic N) is 1. The highest BCUT2D eigenvalue weighted by molar-refractivity contribution is 5.74. The SMILES string of the molecule is COc1ccc(CCNC(=O)N[C@@H](C)[C@@H](c2ccccc2)N2CCCC2)cc1OC. The Morgan fingerprint density at radius 3 is 2.40 bits per heavy atom. The number of rotatable bonds is 9. The van der Waals surface area contributed by atoms with Gasteiger partial charge < -0.3 is 20.1 Å². The highest BCUT2D eigenvalue weighted by Crippen LogP contribution is 2.29. The van der Waals surface area contributed by atoms with Crippen molar-refractivity contribution in [3.05, 3.63) is 59.7 Å². The van der Waals surface area contributed by atoms with Gasteiger partial charge in [-0.3, -0.25) is 4.90 Å². The summed E-state index contributed by atoms with van der Waals surface area (Å²) in [6.45, 7) is 4.79. The number of hydrogen-bond acceptors (Lipinski definition) is 4. The lowest BCUT2D eigenvalue weighted by Crippen LogP contribution is -2.47. The van der Waals surface area contributed by atoms with Crippen molar-refractivity contribution in [1.82, 2.24) is 15.5 Å². The first-order chi connectivity index (χ1) is 14.6. The summed E-state index contributed by atoms with van der Waals surface area (Å²) in [5, 5.41) is 6.13. The highest BCUT2D eigenvalue weighted by atomic mass is 16.5. The van der Waals surface area contributed by atoms with Crippen molar-refractivity contribution in [2.24, 2.45) is 0 Å². The van der Waals surface area contributed by atoms with E-state index in [9.17, 15) is 4.79 Å². The molecule has 6 nitrogen and oxygen atoms in total. The van der Waals surface area contributed by atoms with Crippen LogP contribution in [0.25, 0.3) is 0 Å². The van der Waals surface area contributed by atoms with Gasteiger partial charge in [-0.25, -0.2) is 4.79 Å². The predicted octanol–water partition coefficient (Wildman–Crippen LogP) is 3.77. The molecular formula is C24H33N3O3. The topological polar surface area (TPSA) is 62.8 Å². The second-order valence-electron chi connectivity index (χ2n) is 7.73. The Bertz CT molecular complexity index is 807. The maximum atomic E-state index is 12.5. The second kappa shape index (κ2) is 10.9. The molecule has 3 rings (SSSR count). The molecule has 1 fully saturated rings. The molecule has 1 heterocycles. The minimum atomic E-state index is -0.136. The lowest BCUT2D eigenvalue weighted by molar-refractivity contribution is 0.193. The van der Waals surface area contributed by atoms with Gasteiger partial charge in [-0.05, 0) is 62.5 Å². The van der Waals surface area contributed by atoms with E-state index in [0.717, 1.165) is 25.1 Å². The molecule has 2 atom stereocenters. The molecule has 0 saturated carbocycles. The van der Waals surface area contributed by atoms with Crippen LogP contribution in [0.1, 0.15) is 36.9 Å². The summed E-state index contributed by atoms with van der Waals surface area (Å²) >= 11 is 0. The van der Waals surface area contributed by atoms with Crippen molar-refractivity contribution in [1.29, 1.82) is 0 Å². The first-order valence-electron chi connectivity index (χ1n) is 10.7. The van der Waals surface area contributed by atoms with Crippen LogP contribution in [0.5, 0.6) is 11.5 Å². The summed E-state index contributed by atoms with van der Waals surface area (Å²) in [4.78, 5) is 15.0. The molecule has 0 spiro atoms. The van der Waals surface area contributed by atoms with E-state index in [1.54, 1.807) is 14.2 Å². The van der Waals surface area contributed by atoms with E-state index in [0.29, 0.717) is 18.0 Å². The number of benzene rings is 2. The highest BCUT2D eigenvalue weighted by Gasteiger charge is 2.29. The molecule has 1 aliphatic heterocycles. The average Bonchev–Trinajstić information content (AvgIpc) is 3.28. The van der Waals surface area contributed by atoms with Gasteiger partial charge in [0, 0.05) is 12.6 Å². The van der Waals surface area contributed by atoms with E-state index in [-0.39, 0.29) is 18.1 Å². The number of urea groups is 1. The molecular weight excluding hydrogens is 378 g/mol. The summed E-state index contributed by atoms with van der Waals surface area (Å²) in [5.74, 6) is 1.40. The molecule has 0 radical (unpaired) electrons. The summed E-state index contributed by atoms with van der Waals surface area (Å²) in [7, 11) is 3.24. The van der Waals surface area contributed by atoms with Gasteiger partial charge in [-0.15, -0.1) is 0 Å². The van der Waals surface area contributed by atoms with Crippen LogP contribution >= 0.6 is 0 Å². The standard InChI is InChI=1S/C24H33N3O3/c1-18(23(27-15-7-8-16-27)20-9-5-4-6-10-20)26-24(28)25-14-13-19-11-12-21(29-2)22(17-19)30-3/h4-6,9-12,17-18,23H,7-8,13-16H2,1-3H3,(H2,25,26,28)/t18-,23-/m0/s1. The summed E-state index contributed by atoms with van der Waals surface area (Å²) in [5.41, 5.74) is 2.33. The van der Waals surface area contributed by atoms with Crippen LogP contribution in [-0.2, 0) is 6.42 Å². The van der Waals surface area contributed by atoms with Gasteiger partial charge in [0.05, 0.1) is 20.3 Å². The number of amides is 2. The van der Waals surface area contributed by atoms with Crippen LogP contribution < -0.4 is 20.1 Å². The number of carbonyl (C=O) groups excluding carboxylic acids is 1. The monoisotopic (exact) mass is 411 g/mol. The molecule has 2 aromatic carbocycles. The van der Waals surface area contributed by atoms with E-state index < -0.39 is 0 Å². The van der Waals surface area contributed by atoms with Crippen LogP contribution in [-0.4, -0.2) is 50.8 Å². The van der Waals surface area contributed by atoms with E-state index in [1.807, 2.05) is 24.3 Å². The van der Waals surface area contributed by atoms with Crippen LogP contribution in [0, 0.1) is 0 Å². The van der Waals surface area contributed by atoms with Crippen LogP contribution in [0.4, 0.5) is 4.79 Å². The van der Waals surface area contributed by atoms with Gasteiger partial charge >= 0.3 is 6.03 Å². The molecule has 1 saturated heterocycles. The Labute approximate surface area is 179 Å². The number of ether oxygens (including phenoxy) is 2. The molecule has 0 bridgehead atoms. The zero-order chi connectivity index (χ0) is 21.3.